The molecule has 1 heterocycles. The number of aldehydes is 1. The molecule has 4 heteroatoms. The summed E-state index contributed by atoms with van der Waals surface area (Å²) >= 11 is 0. The van der Waals surface area contributed by atoms with Gasteiger partial charge in [0.05, 0.1) is 5.92 Å². The fourth-order valence-corrected chi connectivity index (χ4v) is 2.70. The highest BCUT2D eigenvalue weighted by atomic mass is 16.4. The predicted molar refractivity (Wildman–Crippen MR) is 75.1 cm³/mol. The molecule has 0 aromatic heterocycles. The van der Waals surface area contributed by atoms with Crippen molar-refractivity contribution in [2.75, 3.05) is 13.1 Å². The van der Waals surface area contributed by atoms with E-state index in [2.05, 4.69) is 5.32 Å². The molecule has 0 aromatic carbocycles. The van der Waals surface area contributed by atoms with Crippen LogP contribution >= 0.6 is 0 Å². The average molecular weight is 269 g/mol. The van der Waals surface area contributed by atoms with Crippen molar-refractivity contribution in [3.8, 4) is 0 Å². The summed E-state index contributed by atoms with van der Waals surface area (Å²) < 4.78 is 0. The van der Waals surface area contributed by atoms with Gasteiger partial charge in [-0.15, -0.1) is 0 Å². The molecule has 110 valence electrons. The summed E-state index contributed by atoms with van der Waals surface area (Å²) in [5.74, 6) is -0.720. The van der Waals surface area contributed by atoms with Crippen LogP contribution in [0.15, 0.2) is 0 Å². The van der Waals surface area contributed by atoms with E-state index in [0.29, 0.717) is 0 Å². The summed E-state index contributed by atoms with van der Waals surface area (Å²) in [5.41, 5.74) is 0. The van der Waals surface area contributed by atoms with E-state index in [1.54, 1.807) is 0 Å². The zero-order valence-corrected chi connectivity index (χ0v) is 11.8. The minimum atomic E-state index is -0.655. The van der Waals surface area contributed by atoms with Crippen molar-refractivity contribution in [3.63, 3.8) is 0 Å². The van der Waals surface area contributed by atoms with Crippen LogP contribution in [0.5, 0.6) is 0 Å². The van der Waals surface area contributed by atoms with Gasteiger partial charge < -0.3 is 15.2 Å². The Balaban J connectivity index is 2.38. The van der Waals surface area contributed by atoms with E-state index in [1.165, 1.54) is 0 Å². The molecule has 2 N–H and O–H groups in total. The third kappa shape index (κ3) is 7.31. The molecule has 1 fully saturated rings. The number of nitrogens with one attached hydrogen (secondary N) is 1. The van der Waals surface area contributed by atoms with Gasteiger partial charge in [-0.25, -0.2) is 0 Å². The van der Waals surface area contributed by atoms with E-state index < -0.39 is 5.97 Å². The van der Waals surface area contributed by atoms with Crippen LogP contribution in [0.3, 0.4) is 0 Å². The molecule has 2 unspecified atom stereocenters. The Kier molecular flexibility index (Phi) is 8.47. The molecular formula is C15H27NO3. The van der Waals surface area contributed by atoms with Crippen LogP contribution in [0.25, 0.3) is 0 Å². The minimum absolute atomic E-state index is 0.123. The van der Waals surface area contributed by atoms with Crippen molar-refractivity contribution in [1.29, 1.82) is 0 Å². The second-order valence-corrected chi connectivity index (χ2v) is 5.62. The van der Waals surface area contributed by atoms with Gasteiger partial charge in [-0.1, -0.05) is 32.1 Å². The number of rotatable bonds is 2. The van der Waals surface area contributed by atoms with E-state index in [-0.39, 0.29) is 11.8 Å². The Morgan fingerprint density at radius 2 is 1.63 bits per heavy atom. The molecule has 0 radical (unpaired) electrons. The smallest absolute Gasteiger partial charge is 0.306 e. The number of carboxylic acid groups (broad SMARTS) is 1. The second-order valence-electron chi connectivity index (χ2n) is 5.62. The Labute approximate surface area is 116 Å². The third-order valence-corrected chi connectivity index (χ3v) is 3.98. The van der Waals surface area contributed by atoms with Gasteiger partial charge >= 0.3 is 5.97 Å². The van der Waals surface area contributed by atoms with Crippen molar-refractivity contribution < 1.29 is 14.7 Å². The zero-order chi connectivity index (χ0) is 13.9. The Morgan fingerprint density at radius 1 is 1.00 bits per heavy atom. The van der Waals surface area contributed by atoms with Crippen molar-refractivity contribution in [3.05, 3.63) is 0 Å². The van der Waals surface area contributed by atoms with E-state index in [0.717, 1.165) is 77.2 Å². The van der Waals surface area contributed by atoms with Gasteiger partial charge in [-0.3, -0.25) is 4.79 Å². The fourth-order valence-electron chi connectivity index (χ4n) is 2.70. The quantitative estimate of drug-likeness (QED) is 0.756. The monoisotopic (exact) mass is 269 g/mol. The molecular weight excluding hydrogens is 242 g/mol. The molecule has 0 aliphatic carbocycles. The third-order valence-electron chi connectivity index (χ3n) is 3.98. The maximum atomic E-state index is 11.1. The van der Waals surface area contributed by atoms with Crippen LogP contribution in [0.2, 0.25) is 0 Å². The minimum Gasteiger partial charge on any atom is -0.481 e. The first-order chi connectivity index (χ1) is 9.24. The highest BCUT2D eigenvalue weighted by molar-refractivity contribution is 5.69. The zero-order valence-electron chi connectivity index (χ0n) is 11.8. The Bertz CT molecular complexity index is 268. The van der Waals surface area contributed by atoms with Crippen LogP contribution < -0.4 is 5.32 Å². The topological polar surface area (TPSA) is 66.4 Å². The fraction of sp³-hybridized carbons (Fsp3) is 0.867. The van der Waals surface area contributed by atoms with Crippen molar-refractivity contribution in [1.82, 2.24) is 5.32 Å². The molecule has 0 spiro atoms. The van der Waals surface area contributed by atoms with Crippen molar-refractivity contribution in [2.24, 2.45) is 11.8 Å². The first kappa shape index (κ1) is 16.2. The largest absolute Gasteiger partial charge is 0.481 e. The van der Waals surface area contributed by atoms with Gasteiger partial charge in [0.1, 0.15) is 6.29 Å². The first-order valence-electron chi connectivity index (χ1n) is 7.63. The molecule has 0 aromatic rings. The molecule has 0 amide bonds. The lowest BCUT2D eigenvalue weighted by Gasteiger charge is -2.15. The van der Waals surface area contributed by atoms with Gasteiger partial charge in [0.25, 0.3) is 0 Å². The van der Waals surface area contributed by atoms with E-state index in [1.807, 2.05) is 0 Å². The molecule has 1 aliphatic heterocycles. The maximum absolute atomic E-state index is 11.1. The number of hydrogen-bond donors (Lipinski definition) is 2. The number of hydrogen-bond acceptors (Lipinski definition) is 3. The van der Waals surface area contributed by atoms with Crippen molar-refractivity contribution in [2.45, 2.75) is 57.8 Å². The highest BCUT2D eigenvalue weighted by Crippen LogP contribution is 2.18. The van der Waals surface area contributed by atoms with Crippen LogP contribution in [-0.4, -0.2) is 30.5 Å². The van der Waals surface area contributed by atoms with Gasteiger partial charge in [0.15, 0.2) is 0 Å². The van der Waals surface area contributed by atoms with Crippen LogP contribution in [0.1, 0.15) is 57.8 Å². The molecule has 2 atom stereocenters. The molecule has 19 heavy (non-hydrogen) atoms. The van der Waals surface area contributed by atoms with Crippen molar-refractivity contribution >= 4 is 12.3 Å². The first-order valence-corrected chi connectivity index (χ1v) is 7.63. The lowest BCUT2D eigenvalue weighted by Crippen LogP contribution is -2.26. The normalized spacial score (nSPS) is 28.2. The highest BCUT2D eigenvalue weighted by Gasteiger charge is 2.16. The molecule has 4 nitrogen and oxygen atoms in total. The second kappa shape index (κ2) is 9.96. The predicted octanol–water partition coefficient (Wildman–Crippen LogP) is 2.62. The molecule has 1 rings (SSSR count). The number of carbonyl (C=O) groups is 2. The SMILES string of the molecule is O=CC1CCCCCCCC(C(=O)O)CCCNC1. The average Bonchev–Trinajstić information content (AvgIpc) is 2.40. The molecule has 0 saturated carbocycles. The lowest BCUT2D eigenvalue weighted by molar-refractivity contribution is -0.142. The molecule has 1 saturated heterocycles. The number of aliphatic carboxylic acids is 1. The molecule has 0 bridgehead atoms. The van der Waals surface area contributed by atoms with Crippen LogP contribution in [0, 0.1) is 11.8 Å². The van der Waals surface area contributed by atoms with E-state index in [9.17, 15) is 9.59 Å². The Morgan fingerprint density at radius 3 is 2.32 bits per heavy atom. The summed E-state index contributed by atoms with van der Waals surface area (Å²) in [6, 6.07) is 0. The lowest BCUT2D eigenvalue weighted by atomic mass is 9.94. The summed E-state index contributed by atoms with van der Waals surface area (Å²) in [7, 11) is 0. The number of carbonyl (C=O) groups excluding carboxylic acids is 1. The summed E-state index contributed by atoms with van der Waals surface area (Å²) in [6.45, 7) is 1.55. The van der Waals surface area contributed by atoms with E-state index >= 15 is 0 Å². The van der Waals surface area contributed by atoms with Gasteiger partial charge in [-0.05, 0) is 32.2 Å². The van der Waals surface area contributed by atoms with Crippen LogP contribution in [0.4, 0.5) is 0 Å². The standard InChI is InChI=1S/C15H27NO3/c17-12-13-7-4-2-1-3-5-8-14(15(18)19)9-6-10-16-11-13/h12-14,16H,1-11H2,(H,18,19). The van der Waals surface area contributed by atoms with Gasteiger partial charge in [0, 0.05) is 12.5 Å². The van der Waals surface area contributed by atoms with Gasteiger partial charge in [-0.2, -0.15) is 0 Å². The maximum Gasteiger partial charge on any atom is 0.306 e. The van der Waals surface area contributed by atoms with Crippen LogP contribution in [-0.2, 0) is 9.59 Å². The summed E-state index contributed by atoms with van der Waals surface area (Å²) in [5, 5.41) is 12.4. The molecule has 1 aliphatic rings. The Hall–Kier alpha value is -0.900. The summed E-state index contributed by atoms with van der Waals surface area (Å²) in [4.78, 5) is 22.0. The van der Waals surface area contributed by atoms with Gasteiger partial charge in [0.2, 0.25) is 0 Å². The summed E-state index contributed by atoms with van der Waals surface area (Å²) in [6.07, 6.45) is 10.0. The van der Waals surface area contributed by atoms with E-state index in [4.69, 9.17) is 5.11 Å². The number of carboxylic acids is 1.